The molecule has 0 radical (unpaired) electrons. The van der Waals surface area contributed by atoms with E-state index in [4.69, 9.17) is 0 Å². The van der Waals surface area contributed by atoms with Crippen LogP contribution in [-0.4, -0.2) is 4.57 Å². The van der Waals surface area contributed by atoms with Gasteiger partial charge in [-0.15, -0.1) is 0 Å². The Labute approximate surface area is 163 Å². The summed E-state index contributed by atoms with van der Waals surface area (Å²) in [4.78, 5) is 0. The monoisotopic (exact) mass is 357 g/mol. The van der Waals surface area contributed by atoms with Gasteiger partial charge in [0.2, 0.25) is 0 Å². The lowest BCUT2D eigenvalue weighted by Crippen LogP contribution is -1.95. The van der Waals surface area contributed by atoms with Gasteiger partial charge < -0.3 is 4.57 Å². The number of benzene rings is 5. The van der Waals surface area contributed by atoms with Gasteiger partial charge >= 0.3 is 0 Å². The molecular weight excluding hydrogens is 338 g/mol. The molecule has 1 aromatic heterocycles. The second-order valence-corrected chi connectivity index (χ2v) is 7.49. The minimum atomic E-state index is 1.20. The molecular formula is C27H19N. The lowest BCUT2D eigenvalue weighted by atomic mass is 10.0. The zero-order valence-electron chi connectivity index (χ0n) is 15.7. The van der Waals surface area contributed by atoms with Crippen LogP contribution < -0.4 is 0 Å². The smallest absolute Gasteiger partial charge is 0.0619 e. The molecule has 1 nitrogen and oxygen atoms in total. The number of fused-ring (bicyclic) bond motifs is 7. The quantitative estimate of drug-likeness (QED) is 0.289. The van der Waals surface area contributed by atoms with E-state index in [-0.39, 0.29) is 0 Å². The van der Waals surface area contributed by atoms with Crippen molar-refractivity contribution in [3.63, 3.8) is 0 Å². The van der Waals surface area contributed by atoms with Gasteiger partial charge in [-0.1, -0.05) is 78.9 Å². The molecule has 6 rings (SSSR count). The van der Waals surface area contributed by atoms with Gasteiger partial charge in [-0.05, 0) is 41.5 Å². The van der Waals surface area contributed by atoms with Gasteiger partial charge in [0.25, 0.3) is 0 Å². The standard InChI is InChI=1S/C27H19N/c1-18-17-25-24-16-15-19-9-5-6-13-22(19)26(24)28(20-10-3-2-4-11-20)27(25)23-14-8-7-12-21(18)23/h2-17H,1H3. The van der Waals surface area contributed by atoms with Gasteiger partial charge in [0.15, 0.2) is 0 Å². The third-order valence-electron chi connectivity index (χ3n) is 5.88. The van der Waals surface area contributed by atoms with E-state index in [1.807, 2.05) is 0 Å². The first-order chi connectivity index (χ1) is 13.8. The summed E-state index contributed by atoms with van der Waals surface area (Å²) in [5.74, 6) is 0. The summed E-state index contributed by atoms with van der Waals surface area (Å²) in [5, 5.41) is 7.82. The maximum absolute atomic E-state index is 2.45. The van der Waals surface area contributed by atoms with Crippen LogP contribution in [0, 0.1) is 6.92 Å². The molecule has 0 atom stereocenters. The lowest BCUT2D eigenvalue weighted by Gasteiger charge is -2.12. The molecule has 0 saturated heterocycles. The highest BCUT2D eigenvalue weighted by molar-refractivity contribution is 6.24. The molecule has 0 aliphatic heterocycles. The minimum absolute atomic E-state index is 1.20. The summed E-state index contributed by atoms with van der Waals surface area (Å²) < 4.78 is 2.45. The Bertz CT molecular complexity index is 1500. The zero-order valence-corrected chi connectivity index (χ0v) is 15.7. The molecule has 1 heterocycles. The van der Waals surface area contributed by atoms with E-state index >= 15 is 0 Å². The average Bonchev–Trinajstić information content (AvgIpc) is 3.09. The first-order valence-corrected chi connectivity index (χ1v) is 9.72. The summed E-state index contributed by atoms with van der Waals surface area (Å²) in [5.41, 5.74) is 5.10. The van der Waals surface area contributed by atoms with Crippen LogP contribution in [0.1, 0.15) is 5.56 Å². The third-order valence-corrected chi connectivity index (χ3v) is 5.88. The van der Waals surface area contributed by atoms with Crippen LogP contribution in [0.3, 0.4) is 0 Å². The van der Waals surface area contributed by atoms with Gasteiger partial charge in [0, 0.05) is 27.2 Å². The van der Waals surface area contributed by atoms with E-state index in [0.717, 1.165) is 0 Å². The predicted molar refractivity (Wildman–Crippen MR) is 121 cm³/mol. The van der Waals surface area contributed by atoms with Crippen molar-refractivity contribution in [2.45, 2.75) is 6.92 Å². The Hall–Kier alpha value is -3.58. The van der Waals surface area contributed by atoms with Crippen molar-refractivity contribution in [1.82, 2.24) is 4.57 Å². The Balaban J connectivity index is 1.99. The SMILES string of the molecule is Cc1cc2c3ccc4ccccc4c3n(-c3ccccc3)c2c2ccccc12. The number of rotatable bonds is 1. The van der Waals surface area contributed by atoms with Crippen molar-refractivity contribution >= 4 is 43.4 Å². The first kappa shape index (κ1) is 15.5. The number of aryl methyl sites for hydroxylation is 1. The van der Waals surface area contributed by atoms with Gasteiger partial charge in [-0.2, -0.15) is 0 Å². The Morgan fingerprint density at radius 3 is 1.93 bits per heavy atom. The molecule has 0 fully saturated rings. The zero-order chi connectivity index (χ0) is 18.7. The predicted octanol–water partition coefficient (Wildman–Crippen LogP) is 7.40. The molecule has 0 saturated carbocycles. The second-order valence-electron chi connectivity index (χ2n) is 7.49. The van der Waals surface area contributed by atoms with Crippen LogP contribution in [0.15, 0.2) is 97.1 Å². The highest BCUT2D eigenvalue weighted by atomic mass is 15.0. The molecule has 132 valence electrons. The van der Waals surface area contributed by atoms with E-state index in [1.54, 1.807) is 0 Å². The van der Waals surface area contributed by atoms with E-state index in [2.05, 4.69) is 109 Å². The fraction of sp³-hybridized carbons (Fsp3) is 0.0370. The maximum Gasteiger partial charge on any atom is 0.0619 e. The van der Waals surface area contributed by atoms with Crippen molar-refractivity contribution < 1.29 is 0 Å². The molecule has 0 bridgehead atoms. The topological polar surface area (TPSA) is 4.93 Å². The normalized spacial score (nSPS) is 11.8. The fourth-order valence-electron chi connectivity index (χ4n) is 4.65. The van der Waals surface area contributed by atoms with Crippen LogP contribution >= 0.6 is 0 Å². The van der Waals surface area contributed by atoms with Crippen molar-refractivity contribution in [2.24, 2.45) is 0 Å². The van der Waals surface area contributed by atoms with Crippen LogP contribution in [0.2, 0.25) is 0 Å². The summed E-state index contributed by atoms with van der Waals surface area (Å²) in [6, 6.07) is 35.1. The molecule has 6 aromatic rings. The number of aromatic nitrogens is 1. The van der Waals surface area contributed by atoms with Crippen LogP contribution in [0.4, 0.5) is 0 Å². The minimum Gasteiger partial charge on any atom is -0.308 e. The number of hydrogen-bond acceptors (Lipinski definition) is 0. The molecule has 0 aliphatic carbocycles. The van der Waals surface area contributed by atoms with Crippen LogP contribution in [0.5, 0.6) is 0 Å². The molecule has 1 heteroatoms. The van der Waals surface area contributed by atoms with Crippen molar-refractivity contribution in [3.05, 3.63) is 103 Å². The fourth-order valence-corrected chi connectivity index (χ4v) is 4.65. The van der Waals surface area contributed by atoms with E-state index in [1.165, 1.54) is 54.6 Å². The van der Waals surface area contributed by atoms with Crippen LogP contribution in [0.25, 0.3) is 49.0 Å². The highest BCUT2D eigenvalue weighted by Gasteiger charge is 2.17. The van der Waals surface area contributed by atoms with Gasteiger partial charge in [-0.25, -0.2) is 0 Å². The van der Waals surface area contributed by atoms with Crippen LogP contribution in [-0.2, 0) is 0 Å². The molecule has 0 spiro atoms. The molecule has 0 N–H and O–H groups in total. The van der Waals surface area contributed by atoms with Crippen molar-refractivity contribution in [2.75, 3.05) is 0 Å². The lowest BCUT2D eigenvalue weighted by molar-refractivity contribution is 1.19. The summed E-state index contributed by atoms with van der Waals surface area (Å²) in [7, 11) is 0. The van der Waals surface area contributed by atoms with Gasteiger partial charge in [0.05, 0.1) is 11.0 Å². The first-order valence-electron chi connectivity index (χ1n) is 9.72. The van der Waals surface area contributed by atoms with Crippen molar-refractivity contribution in [1.29, 1.82) is 0 Å². The third kappa shape index (κ3) is 2.02. The van der Waals surface area contributed by atoms with E-state index in [9.17, 15) is 0 Å². The van der Waals surface area contributed by atoms with Gasteiger partial charge in [0.1, 0.15) is 0 Å². The maximum atomic E-state index is 2.45. The Morgan fingerprint density at radius 2 is 1.11 bits per heavy atom. The number of hydrogen-bond donors (Lipinski definition) is 0. The molecule has 5 aromatic carbocycles. The van der Waals surface area contributed by atoms with Gasteiger partial charge in [-0.3, -0.25) is 0 Å². The molecule has 28 heavy (non-hydrogen) atoms. The molecule has 0 aliphatic rings. The summed E-state index contributed by atoms with van der Waals surface area (Å²) in [6.45, 7) is 2.22. The summed E-state index contributed by atoms with van der Waals surface area (Å²) in [6.07, 6.45) is 0. The highest BCUT2D eigenvalue weighted by Crippen LogP contribution is 2.40. The van der Waals surface area contributed by atoms with Crippen molar-refractivity contribution in [3.8, 4) is 5.69 Å². The molecule has 0 amide bonds. The largest absolute Gasteiger partial charge is 0.308 e. The average molecular weight is 357 g/mol. The Morgan fingerprint density at radius 1 is 0.500 bits per heavy atom. The van der Waals surface area contributed by atoms with E-state index < -0.39 is 0 Å². The number of nitrogens with zero attached hydrogens (tertiary/aromatic N) is 1. The number of para-hydroxylation sites is 1. The Kier molecular flexibility index (Phi) is 3.15. The second kappa shape index (κ2) is 5.71. The summed E-state index contributed by atoms with van der Waals surface area (Å²) >= 11 is 0. The molecule has 0 unspecified atom stereocenters. The van der Waals surface area contributed by atoms with E-state index in [0.29, 0.717) is 0 Å².